The van der Waals surface area contributed by atoms with Gasteiger partial charge in [-0.2, -0.15) is 0 Å². The van der Waals surface area contributed by atoms with E-state index in [9.17, 15) is 14.4 Å². The number of anilines is 2. The molecule has 2 aromatic carbocycles. The molecule has 1 aliphatic carbocycles. The van der Waals surface area contributed by atoms with Crippen LogP contribution in [0.4, 0.5) is 11.4 Å². The number of nitrogens with zero attached hydrogens (tertiary/aromatic N) is 2. The molecule has 0 fully saturated rings. The molecule has 7 nitrogen and oxygen atoms in total. The van der Waals surface area contributed by atoms with Gasteiger partial charge in [-0.15, -0.1) is 0 Å². The van der Waals surface area contributed by atoms with Crippen LogP contribution >= 0.6 is 12.2 Å². The summed E-state index contributed by atoms with van der Waals surface area (Å²) in [5, 5.41) is 4.11. The summed E-state index contributed by atoms with van der Waals surface area (Å²) in [6.45, 7) is 5.01. The number of carbonyl (C=O) groups excluding carboxylic acids is 3. The number of ketones is 2. The van der Waals surface area contributed by atoms with E-state index in [1.54, 1.807) is 19.1 Å². The van der Waals surface area contributed by atoms with E-state index in [1.807, 2.05) is 36.2 Å². The van der Waals surface area contributed by atoms with Gasteiger partial charge in [-0.1, -0.05) is 24.4 Å². The van der Waals surface area contributed by atoms with Crippen LogP contribution in [0.25, 0.3) is 33.3 Å². The van der Waals surface area contributed by atoms with Gasteiger partial charge in [0, 0.05) is 49.5 Å². The zero-order chi connectivity index (χ0) is 23.9. The number of hydrogen-bond acceptors (Lipinski definition) is 7. The first-order chi connectivity index (χ1) is 15.7. The number of aromatic nitrogens is 1. The van der Waals surface area contributed by atoms with Crippen molar-refractivity contribution in [3.05, 3.63) is 46.5 Å². The molecular formula is C25H23N3O4S. The van der Waals surface area contributed by atoms with Crippen molar-refractivity contribution in [2.24, 2.45) is 0 Å². The lowest BCUT2D eigenvalue weighted by atomic mass is 9.96. The molecule has 4 rings (SSSR count). The van der Waals surface area contributed by atoms with E-state index in [2.05, 4.69) is 5.32 Å². The average molecular weight is 462 g/mol. The van der Waals surface area contributed by atoms with E-state index in [0.717, 1.165) is 5.69 Å². The number of rotatable bonds is 6. The van der Waals surface area contributed by atoms with Crippen molar-refractivity contribution in [3.63, 3.8) is 0 Å². The number of amides is 1. The minimum atomic E-state index is -0.229. The summed E-state index contributed by atoms with van der Waals surface area (Å²) in [7, 11) is 1.90. The summed E-state index contributed by atoms with van der Waals surface area (Å²) < 4.78 is 6.61. The Morgan fingerprint density at radius 1 is 1.12 bits per heavy atom. The molecule has 0 spiro atoms. The number of carbonyl (C=O) groups is 3. The first-order valence-electron chi connectivity index (χ1n) is 10.5. The molecule has 0 aromatic heterocycles. The van der Waals surface area contributed by atoms with Crippen molar-refractivity contribution in [2.45, 2.75) is 27.2 Å². The maximum atomic E-state index is 12.6. The molecule has 33 heavy (non-hydrogen) atoms. The second-order valence-electron chi connectivity index (χ2n) is 8.09. The molecule has 0 saturated carbocycles. The second kappa shape index (κ2) is 8.71. The summed E-state index contributed by atoms with van der Waals surface area (Å²) in [5.41, 5.74) is 3.24. The smallest absolute Gasteiger partial charge is 0.221 e. The van der Waals surface area contributed by atoms with Crippen LogP contribution < -0.4 is 10.2 Å². The van der Waals surface area contributed by atoms with Crippen LogP contribution in [0.15, 0.2) is 40.8 Å². The number of hydrogen-bond donors (Lipinski definition) is 1. The molecule has 1 aliphatic heterocycles. The largest absolute Gasteiger partial charge is 0.452 e. The quantitative estimate of drug-likeness (QED) is 0.178. The third-order valence-corrected chi connectivity index (χ3v) is 5.93. The molecule has 1 N–H and O–H groups in total. The van der Waals surface area contributed by atoms with E-state index < -0.39 is 0 Å². The summed E-state index contributed by atoms with van der Waals surface area (Å²) in [5.74, 6) is -0.0515. The lowest BCUT2D eigenvalue weighted by molar-refractivity contribution is -0.117. The van der Waals surface area contributed by atoms with Crippen LogP contribution in [0.2, 0.25) is 0 Å². The van der Waals surface area contributed by atoms with Crippen molar-refractivity contribution >= 4 is 62.9 Å². The predicted octanol–water partition coefficient (Wildman–Crippen LogP) is 5.39. The molecule has 0 atom stereocenters. The molecule has 0 saturated heterocycles. The maximum Gasteiger partial charge on any atom is 0.221 e. The lowest BCUT2D eigenvalue weighted by Gasteiger charge is -2.20. The van der Waals surface area contributed by atoms with Crippen LogP contribution in [-0.4, -0.2) is 36.1 Å². The average Bonchev–Trinajstić information content (AvgIpc) is 2.75. The topological polar surface area (TPSA) is 92.5 Å². The predicted molar refractivity (Wildman–Crippen MR) is 132 cm³/mol. The first-order valence-corrected chi connectivity index (χ1v) is 10.9. The third kappa shape index (κ3) is 4.21. The van der Waals surface area contributed by atoms with Gasteiger partial charge in [-0.25, -0.2) is 4.98 Å². The Morgan fingerprint density at radius 2 is 1.88 bits per heavy atom. The van der Waals surface area contributed by atoms with Gasteiger partial charge >= 0.3 is 0 Å². The minimum absolute atomic E-state index is 0.117. The Kier molecular flexibility index (Phi) is 5.95. The van der Waals surface area contributed by atoms with Crippen LogP contribution in [0.1, 0.15) is 37.6 Å². The second-order valence-corrected chi connectivity index (χ2v) is 8.50. The molecule has 0 unspecified atom stereocenters. The summed E-state index contributed by atoms with van der Waals surface area (Å²) in [4.78, 5) is 42.5. The summed E-state index contributed by atoms with van der Waals surface area (Å²) >= 11 is 5.66. The van der Waals surface area contributed by atoms with Gasteiger partial charge in [0.1, 0.15) is 17.0 Å². The molecule has 1 amide bonds. The molecule has 0 bridgehead atoms. The zero-order valence-electron chi connectivity index (χ0n) is 18.8. The fourth-order valence-electron chi connectivity index (χ4n) is 3.89. The highest BCUT2D eigenvalue weighted by Crippen LogP contribution is 2.40. The van der Waals surface area contributed by atoms with Gasteiger partial charge < -0.3 is 14.6 Å². The molecule has 168 valence electrons. The fourth-order valence-corrected chi connectivity index (χ4v) is 4.29. The Hall–Kier alpha value is -3.65. The molecule has 2 aromatic rings. The number of benzene rings is 3. The van der Waals surface area contributed by atoms with Crippen molar-refractivity contribution in [3.8, 4) is 11.5 Å². The van der Waals surface area contributed by atoms with Crippen LogP contribution in [0, 0.1) is 4.51 Å². The lowest BCUT2D eigenvalue weighted by Crippen LogP contribution is -2.20. The van der Waals surface area contributed by atoms with Crippen LogP contribution in [0.3, 0.4) is 0 Å². The van der Waals surface area contributed by atoms with Gasteiger partial charge in [-0.05, 0) is 32.0 Å². The Labute approximate surface area is 195 Å². The number of Topliss-reactive ketones (excluding diaryl/α,β-unsaturated/α-hetero) is 2. The minimum Gasteiger partial charge on any atom is -0.452 e. The first kappa shape index (κ1) is 22.5. The van der Waals surface area contributed by atoms with Crippen LogP contribution in [-0.2, 0) is 9.59 Å². The van der Waals surface area contributed by atoms with E-state index in [1.165, 1.54) is 13.8 Å². The van der Waals surface area contributed by atoms with Crippen molar-refractivity contribution < 1.29 is 18.8 Å². The van der Waals surface area contributed by atoms with E-state index in [-0.39, 0.29) is 28.8 Å². The zero-order valence-corrected chi connectivity index (χ0v) is 19.6. The SMILES string of the molecule is CC(=O)CCN(C)c1ccc2nc3c4c(NC(C)=O)cccc4c(=S)c(C(C)=O)c-3oc2c1. The fraction of sp³-hybridized carbons (Fsp3) is 0.240. The van der Waals surface area contributed by atoms with Crippen molar-refractivity contribution in [1.29, 1.82) is 0 Å². The maximum absolute atomic E-state index is 12.6. The van der Waals surface area contributed by atoms with E-state index >= 15 is 0 Å². The van der Waals surface area contributed by atoms with Gasteiger partial charge in [-0.3, -0.25) is 14.4 Å². The number of nitrogens with one attached hydrogen (secondary N) is 1. The van der Waals surface area contributed by atoms with Crippen LogP contribution in [0.5, 0.6) is 0 Å². The van der Waals surface area contributed by atoms with E-state index in [0.29, 0.717) is 50.7 Å². The van der Waals surface area contributed by atoms with Crippen molar-refractivity contribution in [1.82, 2.24) is 4.98 Å². The van der Waals surface area contributed by atoms with Gasteiger partial charge in [0.25, 0.3) is 0 Å². The monoisotopic (exact) mass is 461 g/mol. The van der Waals surface area contributed by atoms with Crippen molar-refractivity contribution in [2.75, 3.05) is 23.8 Å². The normalized spacial score (nSPS) is 11.2. The van der Waals surface area contributed by atoms with E-state index in [4.69, 9.17) is 21.6 Å². The standard InChI is InChI=1S/C25H23N3O4S/c1-13(29)10-11-28(4)16-8-9-18-20(12-16)32-24-21(14(2)30)25(33)17-6-5-7-19(26-15(3)31)22(17)23(24)27-18/h5-9,12H,10-11H2,1-4H3,(H,26,31). The molecule has 2 aliphatic rings. The highest BCUT2D eigenvalue weighted by Gasteiger charge is 2.25. The summed E-state index contributed by atoms with van der Waals surface area (Å²) in [6.07, 6.45) is 0.438. The van der Waals surface area contributed by atoms with Gasteiger partial charge in [0.05, 0.1) is 15.8 Å². The summed E-state index contributed by atoms with van der Waals surface area (Å²) in [6, 6.07) is 10.9. The Balaban J connectivity index is 2.03. The molecule has 8 heteroatoms. The molecular weight excluding hydrogens is 438 g/mol. The number of fused-ring (bicyclic) bond motifs is 4. The molecule has 0 radical (unpaired) electrons. The van der Waals surface area contributed by atoms with Gasteiger partial charge in [0.15, 0.2) is 17.1 Å². The third-order valence-electron chi connectivity index (χ3n) is 5.51. The highest BCUT2D eigenvalue weighted by molar-refractivity contribution is 7.71. The Bertz CT molecular complexity index is 1470. The molecule has 1 heterocycles. The van der Waals surface area contributed by atoms with Gasteiger partial charge in [0.2, 0.25) is 5.91 Å². The Morgan fingerprint density at radius 3 is 2.55 bits per heavy atom. The highest BCUT2D eigenvalue weighted by atomic mass is 32.1.